The van der Waals surface area contributed by atoms with Gasteiger partial charge in [0.25, 0.3) is 0 Å². The van der Waals surface area contributed by atoms with Crippen LogP contribution in [0.3, 0.4) is 0 Å². The van der Waals surface area contributed by atoms with Crippen molar-refractivity contribution in [2.45, 2.75) is 126 Å². The van der Waals surface area contributed by atoms with Crippen molar-refractivity contribution in [3.63, 3.8) is 0 Å². The monoisotopic (exact) mass is 1040 g/mol. The van der Waals surface area contributed by atoms with Gasteiger partial charge in [0.15, 0.2) is 11.9 Å². The first-order valence-electron chi connectivity index (χ1n) is 22.9. The van der Waals surface area contributed by atoms with Crippen molar-refractivity contribution < 1.29 is 63.6 Å². The van der Waals surface area contributed by atoms with E-state index in [2.05, 4.69) is 57.2 Å². The third-order valence-electron chi connectivity index (χ3n) is 11.0. The first kappa shape index (κ1) is 61.3. The van der Waals surface area contributed by atoms with Crippen LogP contribution in [0.4, 0.5) is 0 Å². The number of amides is 8. The van der Waals surface area contributed by atoms with E-state index in [1.807, 2.05) is 0 Å². The summed E-state index contributed by atoms with van der Waals surface area (Å²) in [6.45, 7) is 0.812. The lowest BCUT2D eigenvalue weighted by atomic mass is 10.1. The van der Waals surface area contributed by atoms with Crippen molar-refractivity contribution >= 4 is 76.9 Å². The van der Waals surface area contributed by atoms with Gasteiger partial charge in [-0.15, -0.1) is 0 Å². The second kappa shape index (κ2) is 31.5. The summed E-state index contributed by atoms with van der Waals surface area (Å²) < 4.78 is 0. The largest absolute Gasteiger partial charge is 0.480 e. The molecule has 0 saturated carbocycles. The number of hydrogen-bond acceptors (Lipinski definition) is 17. The number of carbonyl (C=O) groups is 9. The summed E-state index contributed by atoms with van der Waals surface area (Å²) in [5.74, 6) is -8.67. The van der Waals surface area contributed by atoms with E-state index >= 15 is 0 Å². The van der Waals surface area contributed by atoms with Gasteiger partial charge in [-0.1, -0.05) is 0 Å². The molecule has 30 nitrogen and oxygen atoms in total. The lowest BCUT2D eigenvalue weighted by Gasteiger charge is -2.31. The minimum atomic E-state index is -1.78. The van der Waals surface area contributed by atoms with Crippen molar-refractivity contribution in [1.29, 1.82) is 0 Å². The fourth-order valence-corrected chi connectivity index (χ4v) is 7.50. The number of carboxylic acid groups (broad SMARTS) is 1. The Balaban J connectivity index is 2.31. The number of rotatable bonds is 32. The Morgan fingerprint density at radius 2 is 1.29 bits per heavy atom. The zero-order valence-electron chi connectivity index (χ0n) is 40.4. The maximum atomic E-state index is 14.0. The topological polar surface area (TPSA) is 505 Å². The molecule has 2 rings (SSSR count). The summed E-state index contributed by atoms with van der Waals surface area (Å²) in [6, 6.07) is -12.8. The normalized spacial score (nSPS) is 16.9. The molecular formula is C41H71N17O13S. The molecule has 1 aromatic heterocycles. The van der Waals surface area contributed by atoms with E-state index in [4.69, 9.17) is 28.7 Å². The predicted octanol–water partition coefficient (Wildman–Crippen LogP) is -8.01. The molecule has 31 heteroatoms. The minimum absolute atomic E-state index is 0.0236. The highest BCUT2D eigenvalue weighted by molar-refractivity contribution is 7.98. The van der Waals surface area contributed by atoms with Crippen LogP contribution in [0.15, 0.2) is 22.5 Å². The number of aliphatic hydroxyl groups excluding tert-OH is 3. The molecule has 1 saturated heterocycles. The Labute approximate surface area is 419 Å². The van der Waals surface area contributed by atoms with Crippen LogP contribution in [0.5, 0.6) is 0 Å². The quantitative estimate of drug-likeness (QED) is 0.0181. The number of hydrogen-bond donors (Lipinski definition) is 17. The number of aliphatic hydroxyl groups is 3. The van der Waals surface area contributed by atoms with Gasteiger partial charge < -0.3 is 96.2 Å². The second-order valence-corrected chi connectivity index (χ2v) is 17.7. The third-order valence-corrected chi connectivity index (χ3v) is 11.6. The van der Waals surface area contributed by atoms with E-state index in [9.17, 15) is 63.6 Å². The molecule has 0 aliphatic carbocycles. The number of nitrogens with zero attached hydrogens (tertiary/aromatic N) is 4. The highest BCUT2D eigenvalue weighted by Crippen LogP contribution is 2.20. The Hall–Kier alpha value is -6.83. The second-order valence-electron chi connectivity index (χ2n) is 16.7. The Bertz CT molecular complexity index is 2040. The first-order chi connectivity index (χ1) is 34.0. The molecule has 0 radical (unpaired) electrons. The smallest absolute Gasteiger partial charge is 0.326 e. The van der Waals surface area contributed by atoms with E-state index in [0.717, 1.165) is 4.90 Å². The zero-order chi connectivity index (χ0) is 54.1. The fourth-order valence-electron chi connectivity index (χ4n) is 7.03. The number of carboxylic acids is 1. The number of aromatic nitrogens is 2. The fraction of sp³-hybridized carbons (Fsp3) is 0.659. The standard InChI is InChI=1S/C41H71N17O13S/c1-20(51-33(64)24(7-4-11-48-40(43)44)52-32(63)23(42)17-59)31(62)55-27(15-22-16-47-19-50-22)35(66)56-28(18-60)36(67)53-25(8-5-12-49-41(45)46)34(65)57-30(21(2)61)38(69)58-13-6-9-29(58)37(68)54-26(39(70)71)10-14-72-3/h16,19-21,23-30,59-61H,4-15,17-18,42H2,1-3H3,(H,47,50)(H,51,64)(H,52,63)(H,53,67)(H,54,68)(H,55,62)(H,56,66)(H,57,65)(H,70,71)(H4,43,44,48)(H4,45,46,49)/t20-,21+,23-,24-,25-,26-,27-,28-,29-,30-/m0/s1. The maximum Gasteiger partial charge on any atom is 0.326 e. The van der Waals surface area contributed by atoms with Crippen LogP contribution in [-0.2, 0) is 49.6 Å². The number of H-pyrrole nitrogens is 1. The van der Waals surface area contributed by atoms with Gasteiger partial charge in [-0.3, -0.25) is 48.3 Å². The molecule has 8 amide bonds. The number of likely N-dealkylation sites (tertiary alicyclic amines) is 1. The molecule has 72 heavy (non-hydrogen) atoms. The molecule has 22 N–H and O–H groups in total. The van der Waals surface area contributed by atoms with Gasteiger partial charge in [-0.2, -0.15) is 11.8 Å². The number of guanidine groups is 2. The van der Waals surface area contributed by atoms with Gasteiger partial charge in [0, 0.05) is 37.9 Å². The minimum Gasteiger partial charge on any atom is -0.480 e. The number of aromatic amines is 1. The summed E-state index contributed by atoms with van der Waals surface area (Å²) in [5.41, 5.74) is 27.5. The van der Waals surface area contributed by atoms with Gasteiger partial charge in [-0.05, 0) is 70.8 Å². The van der Waals surface area contributed by atoms with Gasteiger partial charge in [0.1, 0.15) is 54.4 Å². The van der Waals surface area contributed by atoms with Crippen LogP contribution in [0.2, 0.25) is 0 Å². The molecule has 1 aliphatic heterocycles. The van der Waals surface area contributed by atoms with Gasteiger partial charge in [0.05, 0.1) is 25.6 Å². The van der Waals surface area contributed by atoms with Crippen molar-refractivity contribution in [2.24, 2.45) is 38.7 Å². The lowest BCUT2D eigenvalue weighted by Crippen LogP contribution is -2.62. The lowest BCUT2D eigenvalue weighted by molar-refractivity contribution is -0.146. The van der Waals surface area contributed by atoms with Crippen molar-refractivity contribution in [2.75, 3.05) is 44.9 Å². The van der Waals surface area contributed by atoms with Crippen LogP contribution in [0, 0.1) is 0 Å². The molecule has 1 aliphatic rings. The molecule has 0 spiro atoms. The summed E-state index contributed by atoms with van der Waals surface area (Å²) in [4.78, 5) is 136. The van der Waals surface area contributed by atoms with E-state index in [-0.39, 0.29) is 76.5 Å². The summed E-state index contributed by atoms with van der Waals surface area (Å²) in [7, 11) is 0. The third kappa shape index (κ3) is 20.9. The van der Waals surface area contributed by atoms with Gasteiger partial charge >= 0.3 is 5.97 Å². The van der Waals surface area contributed by atoms with Crippen LogP contribution in [0.1, 0.15) is 64.5 Å². The molecule has 0 aromatic carbocycles. The van der Waals surface area contributed by atoms with E-state index in [0.29, 0.717) is 17.9 Å². The number of carbonyl (C=O) groups excluding carboxylic acids is 8. The number of imidazole rings is 1. The van der Waals surface area contributed by atoms with Crippen LogP contribution in [0.25, 0.3) is 0 Å². The first-order valence-corrected chi connectivity index (χ1v) is 24.3. The Morgan fingerprint density at radius 1 is 0.750 bits per heavy atom. The molecule has 404 valence electrons. The highest BCUT2D eigenvalue weighted by atomic mass is 32.2. The SMILES string of the molecule is CSCC[C@H](NC(=O)[C@@H]1CCCN1C(=O)[C@@H](NC(=O)[C@H](CCCN=C(N)N)NC(=O)[C@H](CO)NC(=O)[C@H](Cc1cnc[nH]1)NC(=O)[C@H](C)NC(=O)[C@H](CCCN=C(N)N)NC(=O)[C@@H](N)CO)[C@@H](C)O)C(=O)O. The molecule has 2 heterocycles. The van der Waals surface area contributed by atoms with Gasteiger partial charge in [0.2, 0.25) is 47.3 Å². The summed E-state index contributed by atoms with van der Waals surface area (Å²) in [6.07, 6.45) is 3.27. The number of nitrogens with two attached hydrogens (primary N) is 5. The summed E-state index contributed by atoms with van der Waals surface area (Å²) in [5, 5.41) is 57.1. The predicted molar refractivity (Wildman–Crippen MR) is 260 cm³/mol. The van der Waals surface area contributed by atoms with Crippen LogP contribution in [-0.4, -0.2) is 206 Å². The van der Waals surface area contributed by atoms with E-state index in [1.165, 1.54) is 38.1 Å². The van der Waals surface area contributed by atoms with Crippen molar-refractivity contribution in [3.05, 3.63) is 18.2 Å². The van der Waals surface area contributed by atoms with Crippen molar-refractivity contribution in [3.8, 4) is 0 Å². The molecule has 0 unspecified atom stereocenters. The van der Waals surface area contributed by atoms with Crippen molar-refractivity contribution in [1.82, 2.24) is 52.1 Å². The number of nitrogens with one attached hydrogen (secondary N) is 8. The average Bonchev–Trinajstić information content (AvgIpc) is 4.05. The number of thioether (sulfide) groups is 1. The van der Waals surface area contributed by atoms with Crippen LogP contribution < -0.4 is 65.9 Å². The zero-order valence-corrected chi connectivity index (χ0v) is 41.2. The highest BCUT2D eigenvalue weighted by Gasteiger charge is 2.41. The Kier molecular flexibility index (Phi) is 26.8. The van der Waals surface area contributed by atoms with Crippen LogP contribution >= 0.6 is 11.8 Å². The number of aliphatic imine (C=N–C) groups is 2. The van der Waals surface area contributed by atoms with E-state index in [1.54, 1.807) is 6.26 Å². The molecule has 1 aromatic rings. The Morgan fingerprint density at radius 3 is 1.81 bits per heavy atom. The summed E-state index contributed by atoms with van der Waals surface area (Å²) >= 11 is 1.38. The van der Waals surface area contributed by atoms with E-state index < -0.39 is 127 Å². The molecule has 10 atom stereocenters. The number of aliphatic carboxylic acids is 1. The average molecular weight is 1040 g/mol. The van der Waals surface area contributed by atoms with Gasteiger partial charge in [-0.25, -0.2) is 9.78 Å². The maximum absolute atomic E-state index is 14.0. The molecule has 0 bridgehead atoms. The molecule has 1 fully saturated rings. The molecular weight excluding hydrogens is 971 g/mol.